The summed E-state index contributed by atoms with van der Waals surface area (Å²) in [6.07, 6.45) is 1.17. The Labute approximate surface area is 140 Å². The third-order valence-corrected chi connectivity index (χ3v) is 4.83. The maximum atomic E-state index is 11.5. The highest BCUT2D eigenvalue weighted by molar-refractivity contribution is 7.90. The summed E-state index contributed by atoms with van der Waals surface area (Å²) in [5.74, 6) is 2.63. The Hall–Kier alpha value is -2.41. The normalized spacial score (nSPS) is 12.0. The third-order valence-electron chi connectivity index (χ3n) is 3.70. The Bertz CT molecular complexity index is 966. The lowest BCUT2D eigenvalue weighted by Crippen LogP contribution is -1.96. The molecule has 0 fully saturated rings. The SMILES string of the molecule is Cc1oc(C(C)C)cc1-c1nc(-c2ccc(S(C)(=O)=O)cc2)no1. The van der Waals surface area contributed by atoms with Gasteiger partial charge in [-0.15, -0.1) is 0 Å². The van der Waals surface area contributed by atoms with Gasteiger partial charge < -0.3 is 8.94 Å². The molecule has 2 heterocycles. The van der Waals surface area contributed by atoms with Crippen molar-refractivity contribution < 1.29 is 17.4 Å². The van der Waals surface area contributed by atoms with Crippen LogP contribution in [0.25, 0.3) is 22.8 Å². The summed E-state index contributed by atoms with van der Waals surface area (Å²) < 4.78 is 34.1. The van der Waals surface area contributed by atoms with E-state index in [2.05, 4.69) is 10.1 Å². The van der Waals surface area contributed by atoms with Crippen LogP contribution in [0.15, 0.2) is 44.2 Å². The molecule has 3 aromatic rings. The zero-order valence-corrected chi connectivity index (χ0v) is 14.7. The van der Waals surface area contributed by atoms with E-state index in [1.807, 2.05) is 26.8 Å². The second-order valence-electron chi connectivity index (χ2n) is 5.99. The van der Waals surface area contributed by atoms with Gasteiger partial charge in [0.05, 0.1) is 10.5 Å². The summed E-state index contributed by atoms with van der Waals surface area (Å²) in [6, 6.07) is 8.28. The molecule has 0 spiro atoms. The fourth-order valence-electron chi connectivity index (χ4n) is 2.30. The van der Waals surface area contributed by atoms with Crippen LogP contribution < -0.4 is 0 Å². The van der Waals surface area contributed by atoms with Gasteiger partial charge in [-0.3, -0.25) is 0 Å². The quantitative estimate of drug-likeness (QED) is 0.713. The Morgan fingerprint density at radius 2 is 1.79 bits per heavy atom. The molecule has 126 valence electrons. The van der Waals surface area contributed by atoms with Gasteiger partial charge in [0.2, 0.25) is 5.82 Å². The van der Waals surface area contributed by atoms with Crippen LogP contribution in [0.2, 0.25) is 0 Å². The number of furan rings is 1. The van der Waals surface area contributed by atoms with Crippen molar-refractivity contribution in [3.8, 4) is 22.8 Å². The topological polar surface area (TPSA) is 86.2 Å². The molecule has 1 aromatic carbocycles. The first-order chi connectivity index (χ1) is 11.3. The first-order valence-corrected chi connectivity index (χ1v) is 9.39. The van der Waals surface area contributed by atoms with Gasteiger partial charge in [0.25, 0.3) is 5.89 Å². The van der Waals surface area contributed by atoms with E-state index in [0.717, 1.165) is 17.1 Å². The minimum absolute atomic E-state index is 0.252. The molecule has 7 heteroatoms. The minimum atomic E-state index is -3.23. The molecule has 0 aliphatic heterocycles. The van der Waals surface area contributed by atoms with Gasteiger partial charge in [-0.1, -0.05) is 19.0 Å². The molecule has 0 atom stereocenters. The number of sulfone groups is 1. The largest absolute Gasteiger partial charge is 0.465 e. The van der Waals surface area contributed by atoms with Gasteiger partial charge in [-0.2, -0.15) is 4.98 Å². The van der Waals surface area contributed by atoms with Crippen LogP contribution >= 0.6 is 0 Å². The Morgan fingerprint density at radius 1 is 1.12 bits per heavy atom. The first kappa shape index (κ1) is 16.4. The van der Waals surface area contributed by atoms with Crippen LogP contribution in [0.1, 0.15) is 31.3 Å². The Kier molecular flexibility index (Phi) is 4.04. The summed E-state index contributed by atoms with van der Waals surface area (Å²) in [6.45, 7) is 5.95. The van der Waals surface area contributed by atoms with Crippen LogP contribution in [0.4, 0.5) is 0 Å². The first-order valence-electron chi connectivity index (χ1n) is 7.50. The molecule has 0 saturated carbocycles. The van der Waals surface area contributed by atoms with Gasteiger partial charge in [-0.25, -0.2) is 8.42 Å². The fourth-order valence-corrected chi connectivity index (χ4v) is 2.93. The van der Waals surface area contributed by atoms with E-state index < -0.39 is 9.84 Å². The lowest BCUT2D eigenvalue weighted by Gasteiger charge is -1.98. The van der Waals surface area contributed by atoms with E-state index in [1.54, 1.807) is 12.1 Å². The van der Waals surface area contributed by atoms with Crippen molar-refractivity contribution in [2.24, 2.45) is 0 Å². The van der Waals surface area contributed by atoms with Gasteiger partial charge in [0.15, 0.2) is 9.84 Å². The van der Waals surface area contributed by atoms with Crippen LogP contribution in [-0.2, 0) is 9.84 Å². The molecule has 0 amide bonds. The summed E-state index contributed by atoms with van der Waals surface area (Å²) in [4.78, 5) is 4.64. The molecular weight excluding hydrogens is 328 g/mol. The molecular formula is C17H18N2O4S. The van der Waals surface area contributed by atoms with Crippen molar-refractivity contribution in [2.45, 2.75) is 31.6 Å². The number of benzene rings is 1. The molecule has 0 bridgehead atoms. The standard InChI is InChI=1S/C17H18N2O4S/c1-10(2)15-9-14(11(3)22-15)17-18-16(19-23-17)12-5-7-13(8-6-12)24(4,20)21/h5-10H,1-4H3. The predicted molar refractivity (Wildman–Crippen MR) is 89.4 cm³/mol. The van der Waals surface area contributed by atoms with Crippen LogP contribution in [0.3, 0.4) is 0 Å². The zero-order chi connectivity index (χ0) is 17.5. The van der Waals surface area contributed by atoms with E-state index in [0.29, 0.717) is 17.3 Å². The predicted octanol–water partition coefficient (Wildman–Crippen LogP) is 3.83. The summed E-state index contributed by atoms with van der Waals surface area (Å²) in [5.41, 5.74) is 1.45. The van der Waals surface area contributed by atoms with Crippen LogP contribution in [0, 0.1) is 6.92 Å². The average Bonchev–Trinajstić information content (AvgIpc) is 3.13. The highest BCUT2D eigenvalue weighted by Gasteiger charge is 2.18. The second kappa shape index (κ2) is 5.90. The lowest BCUT2D eigenvalue weighted by molar-refractivity contribution is 0.429. The van der Waals surface area contributed by atoms with Crippen molar-refractivity contribution in [2.75, 3.05) is 6.26 Å². The summed E-state index contributed by atoms with van der Waals surface area (Å²) in [7, 11) is -3.23. The van der Waals surface area contributed by atoms with Gasteiger partial charge in [-0.05, 0) is 37.3 Å². The third kappa shape index (κ3) is 3.12. The maximum absolute atomic E-state index is 11.5. The highest BCUT2D eigenvalue weighted by Crippen LogP contribution is 2.30. The van der Waals surface area contributed by atoms with E-state index >= 15 is 0 Å². The van der Waals surface area contributed by atoms with E-state index in [9.17, 15) is 8.42 Å². The highest BCUT2D eigenvalue weighted by atomic mass is 32.2. The van der Waals surface area contributed by atoms with Crippen molar-refractivity contribution >= 4 is 9.84 Å². The van der Waals surface area contributed by atoms with Crippen LogP contribution in [0.5, 0.6) is 0 Å². The molecule has 6 nitrogen and oxygen atoms in total. The van der Waals surface area contributed by atoms with Crippen molar-refractivity contribution in [1.29, 1.82) is 0 Å². The Balaban J connectivity index is 1.94. The molecule has 0 N–H and O–H groups in total. The molecule has 0 radical (unpaired) electrons. The van der Waals surface area contributed by atoms with Gasteiger partial charge >= 0.3 is 0 Å². The number of aromatic nitrogens is 2. The molecule has 3 rings (SSSR count). The van der Waals surface area contributed by atoms with Crippen molar-refractivity contribution in [3.63, 3.8) is 0 Å². The molecule has 0 aliphatic rings. The number of hydrogen-bond donors (Lipinski definition) is 0. The van der Waals surface area contributed by atoms with Gasteiger partial charge in [0.1, 0.15) is 11.5 Å². The maximum Gasteiger partial charge on any atom is 0.261 e. The molecule has 24 heavy (non-hydrogen) atoms. The van der Waals surface area contributed by atoms with Crippen molar-refractivity contribution in [1.82, 2.24) is 10.1 Å². The van der Waals surface area contributed by atoms with Gasteiger partial charge in [0, 0.05) is 17.7 Å². The zero-order valence-electron chi connectivity index (χ0n) is 13.9. The number of rotatable bonds is 4. The number of hydrogen-bond acceptors (Lipinski definition) is 6. The average molecular weight is 346 g/mol. The molecule has 0 saturated heterocycles. The summed E-state index contributed by atoms with van der Waals surface area (Å²) >= 11 is 0. The molecule has 2 aromatic heterocycles. The van der Waals surface area contributed by atoms with Crippen molar-refractivity contribution in [3.05, 3.63) is 41.9 Å². The molecule has 0 aliphatic carbocycles. The second-order valence-corrected chi connectivity index (χ2v) is 8.01. The Morgan fingerprint density at radius 3 is 2.33 bits per heavy atom. The smallest absolute Gasteiger partial charge is 0.261 e. The minimum Gasteiger partial charge on any atom is -0.465 e. The lowest BCUT2D eigenvalue weighted by atomic mass is 10.1. The van der Waals surface area contributed by atoms with E-state index in [4.69, 9.17) is 8.94 Å². The number of nitrogens with zero attached hydrogens (tertiary/aromatic N) is 2. The summed E-state index contributed by atoms with van der Waals surface area (Å²) in [5, 5.41) is 3.97. The molecule has 0 unspecified atom stereocenters. The monoisotopic (exact) mass is 346 g/mol. The van der Waals surface area contributed by atoms with E-state index in [1.165, 1.54) is 18.4 Å². The van der Waals surface area contributed by atoms with E-state index in [-0.39, 0.29) is 10.8 Å². The number of aryl methyl sites for hydroxylation is 1. The fraction of sp³-hybridized carbons (Fsp3) is 0.294. The van der Waals surface area contributed by atoms with Crippen LogP contribution in [-0.4, -0.2) is 24.8 Å².